The lowest BCUT2D eigenvalue weighted by atomic mass is 10.2. The van der Waals surface area contributed by atoms with E-state index in [1.807, 2.05) is 17.5 Å². The average Bonchev–Trinajstić information content (AvgIpc) is 3.08. The van der Waals surface area contributed by atoms with Crippen LogP contribution in [-0.2, 0) is 11.8 Å². The van der Waals surface area contributed by atoms with Crippen LogP contribution < -0.4 is 11.1 Å². The Morgan fingerprint density at radius 3 is 3.00 bits per heavy atom. The summed E-state index contributed by atoms with van der Waals surface area (Å²) in [4.78, 5) is 10.0. The van der Waals surface area contributed by atoms with Crippen LogP contribution in [0.5, 0.6) is 0 Å². The fraction of sp³-hybridized carbons (Fsp3) is 0.308. The monoisotopic (exact) mass is 304 g/mol. The molecule has 8 heteroatoms. The third-order valence-electron chi connectivity index (χ3n) is 3.08. The maximum Gasteiger partial charge on any atom is 0.225 e. The van der Waals surface area contributed by atoms with Gasteiger partial charge in [0.2, 0.25) is 5.95 Å². The van der Waals surface area contributed by atoms with Crippen molar-refractivity contribution in [2.24, 2.45) is 7.05 Å². The Labute approximate surface area is 125 Å². The van der Waals surface area contributed by atoms with Crippen molar-refractivity contribution in [3.8, 4) is 10.6 Å². The number of methoxy groups -OCH3 is 1. The second kappa shape index (κ2) is 5.66. The standard InChI is InChI=1S/C13H16N6OS/c1-19-11(14)9-10(8-4-3-7-21-8)16-13(15-5-6-20-2)17-12(9)18-19/h3-4,7H,5-6,14H2,1-2H3,(H,15,17,18). The van der Waals surface area contributed by atoms with Crippen molar-refractivity contribution in [2.45, 2.75) is 0 Å². The van der Waals surface area contributed by atoms with E-state index >= 15 is 0 Å². The number of hydrogen-bond donors (Lipinski definition) is 2. The molecule has 3 N–H and O–H groups in total. The summed E-state index contributed by atoms with van der Waals surface area (Å²) < 4.78 is 6.64. The van der Waals surface area contributed by atoms with E-state index in [-0.39, 0.29) is 0 Å². The van der Waals surface area contributed by atoms with Gasteiger partial charge in [-0.1, -0.05) is 6.07 Å². The van der Waals surface area contributed by atoms with Gasteiger partial charge in [0.15, 0.2) is 5.65 Å². The summed E-state index contributed by atoms with van der Waals surface area (Å²) in [6.07, 6.45) is 0. The van der Waals surface area contributed by atoms with Gasteiger partial charge in [-0.3, -0.25) is 4.68 Å². The summed E-state index contributed by atoms with van der Waals surface area (Å²) >= 11 is 1.61. The van der Waals surface area contributed by atoms with Gasteiger partial charge in [0.05, 0.1) is 22.6 Å². The number of anilines is 2. The van der Waals surface area contributed by atoms with Crippen LogP contribution in [-0.4, -0.2) is 40.0 Å². The minimum absolute atomic E-state index is 0.529. The van der Waals surface area contributed by atoms with Crippen molar-refractivity contribution >= 4 is 34.1 Å². The van der Waals surface area contributed by atoms with E-state index in [4.69, 9.17) is 10.5 Å². The number of thiophene rings is 1. The summed E-state index contributed by atoms with van der Waals surface area (Å²) in [7, 11) is 3.45. The van der Waals surface area contributed by atoms with Crippen molar-refractivity contribution in [3.63, 3.8) is 0 Å². The normalized spacial score (nSPS) is 11.1. The maximum atomic E-state index is 6.10. The van der Waals surface area contributed by atoms with Crippen molar-refractivity contribution in [3.05, 3.63) is 17.5 Å². The minimum Gasteiger partial charge on any atom is -0.383 e. The number of aryl methyl sites for hydroxylation is 1. The van der Waals surface area contributed by atoms with Gasteiger partial charge >= 0.3 is 0 Å². The first-order valence-electron chi connectivity index (χ1n) is 6.47. The molecule has 0 unspecified atom stereocenters. The Morgan fingerprint density at radius 2 is 2.29 bits per heavy atom. The fourth-order valence-corrected chi connectivity index (χ4v) is 2.77. The second-order valence-electron chi connectivity index (χ2n) is 4.50. The van der Waals surface area contributed by atoms with Gasteiger partial charge in [-0.05, 0) is 11.4 Å². The molecule has 0 spiro atoms. The first-order chi connectivity index (χ1) is 10.2. The average molecular weight is 304 g/mol. The summed E-state index contributed by atoms with van der Waals surface area (Å²) in [5, 5.41) is 10.3. The van der Waals surface area contributed by atoms with Crippen LogP contribution in [0.4, 0.5) is 11.8 Å². The number of aromatic nitrogens is 4. The first-order valence-corrected chi connectivity index (χ1v) is 7.35. The summed E-state index contributed by atoms with van der Waals surface area (Å²) in [5.74, 6) is 1.10. The van der Waals surface area contributed by atoms with Crippen LogP contribution in [0.15, 0.2) is 17.5 Å². The summed E-state index contributed by atoms with van der Waals surface area (Å²) in [5.41, 5.74) is 7.50. The molecule has 3 aromatic rings. The molecule has 7 nitrogen and oxygen atoms in total. The number of rotatable bonds is 5. The first kappa shape index (κ1) is 13.8. The third-order valence-corrected chi connectivity index (χ3v) is 3.96. The molecule has 0 aliphatic carbocycles. The molecule has 3 aromatic heterocycles. The highest BCUT2D eigenvalue weighted by Gasteiger charge is 2.17. The highest BCUT2D eigenvalue weighted by molar-refractivity contribution is 7.13. The van der Waals surface area contributed by atoms with Crippen LogP contribution in [0.25, 0.3) is 21.6 Å². The summed E-state index contributed by atoms with van der Waals surface area (Å²) in [6.45, 7) is 1.22. The zero-order valence-corrected chi connectivity index (χ0v) is 12.6. The van der Waals surface area contributed by atoms with E-state index in [0.717, 1.165) is 16.0 Å². The number of nitrogens with one attached hydrogen (secondary N) is 1. The highest BCUT2D eigenvalue weighted by Crippen LogP contribution is 2.33. The van der Waals surface area contributed by atoms with Gasteiger partial charge < -0.3 is 15.8 Å². The molecule has 3 rings (SSSR count). The largest absolute Gasteiger partial charge is 0.383 e. The molecule has 0 saturated heterocycles. The van der Waals surface area contributed by atoms with Gasteiger partial charge in [-0.25, -0.2) is 4.98 Å². The molecule has 0 amide bonds. The van der Waals surface area contributed by atoms with Gasteiger partial charge in [0.1, 0.15) is 5.82 Å². The number of nitrogens with two attached hydrogens (primary N) is 1. The maximum absolute atomic E-state index is 6.10. The SMILES string of the molecule is COCCNc1nc(-c2cccs2)c2c(N)n(C)nc2n1. The van der Waals surface area contributed by atoms with Gasteiger partial charge in [-0.15, -0.1) is 11.3 Å². The second-order valence-corrected chi connectivity index (χ2v) is 5.45. The zero-order chi connectivity index (χ0) is 14.8. The Balaban J connectivity index is 2.12. The lowest BCUT2D eigenvalue weighted by Crippen LogP contribution is -2.10. The lowest BCUT2D eigenvalue weighted by molar-refractivity contribution is 0.210. The van der Waals surface area contributed by atoms with Crippen LogP contribution in [0.3, 0.4) is 0 Å². The topological polar surface area (TPSA) is 90.9 Å². The molecule has 0 aliphatic rings. The number of nitrogen functional groups attached to an aromatic ring is 1. The van der Waals surface area contributed by atoms with E-state index in [1.165, 1.54) is 0 Å². The Morgan fingerprint density at radius 1 is 1.43 bits per heavy atom. The molecule has 21 heavy (non-hydrogen) atoms. The number of nitrogens with zero attached hydrogens (tertiary/aromatic N) is 4. The van der Waals surface area contributed by atoms with E-state index in [0.29, 0.717) is 30.6 Å². The van der Waals surface area contributed by atoms with Crippen LogP contribution in [0, 0.1) is 0 Å². The predicted octanol–water partition coefficient (Wildman–Crippen LogP) is 1.73. The van der Waals surface area contributed by atoms with Gasteiger partial charge in [0, 0.05) is 20.7 Å². The Kier molecular flexibility index (Phi) is 3.72. The number of ether oxygens (including phenoxy) is 1. The quantitative estimate of drug-likeness (QED) is 0.698. The molecule has 0 bridgehead atoms. The molecule has 3 heterocycles. The molecule has 0 fully saturated rings. The molecule has 0 atom stereocenters. The minimum atomic E-state index is 0.529. The lowest BCUT2D eigenvalue weighted by Gasteiger charge is -2.06. The molecule has 0 radical (unpaired) electrons. The molecular formula is C13H16N6OS. The van der Waals surface area contributed by atoms with Crippen molar-refractivity contribution < 1.29 is 4.74 Å². The van der Waals surface area contributed by atoms with Crippen LogP contribution >= 0.6 is 11.3 Å². The predicted molar refractivity (Wildman–Crippen MR) is 84.4 cm³/mol. The molecule has 110 valence electrons. The molecule has 0 saturated carbocycles. The van der Waals surface area contributed by atoms with Gasteiger partial charge in [-0.2, -0.15) is 10.1 Å². The third kappa shape index (κ3) is 2.55. The van der Waals surface area contributed by atoms with Crippen LogP contribution in [0.2, 0.25) is 0 Å². The Hall–Kier alpha value is -2.19. The van der Waals surface area contributed by atoms with E-state index < -0.39 is 0 Å². The molecule has 0 aliphatic heterocycles. The fourth-order valence-electron chi connectivity index (χ4n) is 2.05. The van der Waals surface area contributed by atoms with Crippen molar-refractivity contribution in [1.29, 1.82) is 0 Å². The number of hydrogen-bond acceptors (Lipinski definition) is 7. The highest BCUT2D eigenvalue weighted by atomic mass is 32.1. The van der Waals surface area contributed by atoms with Crippen molar-refractivity contribution in [1.82, 2.24) is 19.7 Å². The zero-order valence-electron chi connectivity index (χ0n) is 11.8. The van der Waals surface area contributed by atoms with E-state index in [1.54, 1.807) is 30.2 Å². The molecular weight excluding hydrogens is 288 g/mol. The van der Waals surface area contributed by atoms with Gasteiger partial charge in [0.25, 0.3) is 0 Å². The molecule has 0 aromatic carbocycles. The van der Waals surface area contributed by atoms with Crippen molar-refractivity contribution in [2.75, 3.05) is 31.3 Å². The number of fused-ring (bicyclic) bond motifs is 1. The Bertz CT molecular complexity index is 752. The van der Waals surface area contributed by atoms with Crippen LogP contribution in [0.1, 0.15) is 0 Å². The summed E-state index contributed by atoms with van der Waals surface area (Å²) in [6, 6.07) is 4.00. The smallest absolute Gasteiger partial charge is 0.225 e. The van der Waals surface area contributed by atoms with E-state index in [2.05, 4.69) is 20.4 Å². The van der Waals surface area contributed by atoms with E-state index in [9.17, 15) is 0 Å².